The fraction of sp³-hybridized carbons (Fsp3) is 0.316. The van der Waals surface area contributed by atoms with E-state index >= 15 is 0 Å². The van der Waals surface area contributed by atoms with Gasteiger partial charge < -0.3 is 4.74 Å². The molecule has 7 heteroatoms. The fourth-order valence-corrected chi connectivity index (χ4v) is 4.47. The van der Waals surface area contributed by atoms with E-state index < -0.39 is 0 Å². The first-order chi connectivity index (χ1) is 12.6. The Kier molecular flexibility index (Phi) is 6.51. The Labute approximate surface area is 166 Å². The van der Waals surface area contributed by atoms with E-state index in [1.165, 1.54) is 11.8 Å². The standard InChI is InChI=1S/C19H19ClN2O2S2/c1-3-4-9-24-19(23)12(2)26-18-16-15(10-25-17(16)21-11-22-18)13-5-7-14(20)8-6-13/h5-8,10-12H,3-4,9H2,1-2H3/t12-/m0/s1. The van der Waals surface area contributed by atoms with Crippen molar-refractivity contribution in [2.24, 2.45) is 0 Å². The topological polar surface area (TPSA) is 52.1 Å². The Balaban J connectivity index is 1.88. The number of benzene rings is 1. The van der Waals surface area contributed by atoms with Gasteiger partial charge in [-0.15, -0.1) is 11.3 Å². The number of halogens is 1. The molecule has 0 aliphatic rings. The van der Waals surface area contributed by atoms with Gasteiger partial charge in [0.1, 0.15) is 21.4 Å². The molecule has 0 unspecified atom stereocenters. The molecule has 0 saturated heterocycles. The maximum Gasteiger partial charge on any atom is 0.319 e. The average Bonchev–Trinajstić information content (AvgIpc) is 3.07. The van der Waals surface area contributed by atoms with Gasteiger partial charge in [0.05, 0.1) is 12.0 Å². The number of fused-ring (bicyclic) bond motifs is 1. The number of hydrogen-bond donors (Lipinski definition) is 0. The molecular formula is C19H19ClN2O2S2. The highest BCUT2D eigenvalue weighted by Gasteiger charge is 2.20. The average molecular weight is 407 g/mol. The van der Waals surface area contributed by atoms with Crippen molar-refractivity contribution in [3.05, 3.63) is 41.0 Å². The molecular weight excluding hydrogens is 388 g/mol. The number of thioether (sulfide) groups is 1. The Morgan fingerprint density at radius 1 is 1.31 bits per heavy atom. The van der Waals surface area contributed by atoms with Crippen LogP contribution >= 0.6 is 34.7 Å². The quantitative estimate of drug-likeness (QED) is 0.213. The van der Waals surface area contributed by atoms with Crippen LogP contribution in [0.25, 0.3) is 21.3 Å². The van der Waals surface area contributed by atoms with E-state index in [4.69, 9.17) is 16.3 Å². The number of thiophene rings is 1. The van der Waals surface area contributed by atoms with Crippen LogP contribution in [0.3, 0.4) is 0 Å². The number of aromatic nitrogens is 2. The summed E-state index contributed by atoms with van der Waals surface area (Å²) in [4.78, 5) is 21.9. The second-order valence-electron chi connectivity index (χ2n) is 5.80. The van der Waals surface area contributed by atoms with Gasteiger partial charge in [-0.1, -0.05) is 48.8 Å². The first-order valence-corrected chi connectivity index (χ1v) is 10.5. The molecule has 3 rings (SSSR count). The molecule has 0 fully saturated rings. The van der Waals surface area contributed by atoms with Crippen molar-refractivity contribution in [3.63, 3.8) is 0 Å². The largest absolute Gasteiger partial charge is 0.465 e. The molecule has 0 saturated carbocycles. The third kappa shape index (κ3) is 4.37. The van der Waals surface area contributed by atoms with Crippen LogP contribution in [0.15, 0.2) is 41.0 Å². The van der Waals surface area contributed by atoms with Crippen LogP contribution in [0, 0.1) is 0 Å². The van der Waals surface area contributed by atoms with Crippen LogP contribution in [-0.2, 0) is 9.53 Å². The molecule has 0 N–H and O–H groups in total. The monoisotopic (exact) mass is 406 g/mol. The summed E-state index contributed by atoms with van der Waals surface area (Å²) >= 11 is 8.98. The van der Waals surface area contributed by atoms with Crippen LogP contribution in [0.4, 0.5) is 0 Å². The summed E-state index contributed by atoms with van der Waals surface area (Å²) in [7, 11) is 0. The minimum Gasteiger partial charge on any atom is -0.465 e. The van der Waals surface area contributed by atoms with E-state index in [0.29, 0.717) is 11.6 Å². The van der Waals surface area contributed by atoms with E-state index in [9.17, 15) is 4.79 Å². The number of esters is 1. The van der Waals surface area contributed by atoms with Crippen molar-refractivity contribution in [1.29, 1.82) is 0 Å². The summed E-state index contributed by atoms with van der Waals surface area (Å²) < 4.78 is 5.32. The highest BCUT2D eigenvalue weighted by atomic mass is 35.5. The molecule has 1 atom stereocenters. The lowest BCUT2D eigenvalue weighted by atomic mass is 10.1. The van der Waals surface area contributed by atoms with E-state index in [-0.39, 0.29) is 11.2 Å². The van der Waals surface area contributed by atoms with Gasteiger partial charge in [-0.25, -0.2) is 9.97 Å². The van der Waals surface area contributed by atoms with Crippen LogP contribution < -0.4 is 0 Å². The maximum absolute atomic E-state index is 12.2. The summed E-state index contributed by atoms with van der Waals surface area (Å²) in [5.41, 5.74) is 2.10. The zero-order valence-electron chi connectivity index (χ0n) is 14.6. The molecule has 2 aromatic heterocycles. The summed E-state index contributed by atoms with van der Waals surface area (Å²) in [5, 5.41) is 4.20. The van der Waals surface area contributed by atoms with Gasteiger partial charge in [0.25, 0.3) is 0 Å². The molecule has 4 nitrogen and oxygen atoms in total. The molecule has 2 heterocycles. The number of nitrogens with zero attached hydrogens (tertiary/aromatic N) is 2. The lowest BCUT2D eigenvalue weighted by molar-refractivity contribution is -0.142. The van der Waals surface area contributed by atoms with Gasteiger partial charge in [-0.05, 0) is 31.0 Å². The van der Waals surface area contributed by atoms with Crippen molar-refractivity contribution >= 4 is 50.9 Å². The smallest absolute Gasteiger partial charge is 0.319 e. The third-order valence-electron chi connectivity index (χ3n) is 3.85. The van der Waals surface area contributed by atoms with Crippen LogP contribution in [-0.4, -0.2) is 27.8 Å². The molecule has 0 bridgehead atoms. The van der Waals surface area contributed by atoms with Gasteiger partial charge in [0, 0.05) is 16.0 Å². The summed E-state index contributed by atoms with van der Waals surface area (Å²) in [6.07, 6.45) is 3.43. The van der Waals surface area contributed by atoms with Gasteiger partial charge in [0.2, 0.25) is 0 Å². The summed E-state index contributed by atoms with van der Waals surface area (Å²) in [6.45, 7) is 4.38. The van der Waals surface area contributed by atoms with Crippen molar-refractivity contribution in [2.75, 3.05) is 6.61 Å². The van der Waals surface area contributed by atoms with Gasteiger partial charge in [0.15, 0.2) is 0 Å². The number of hydrogen-bond acceptors (Lipinski definition) is 6. The lowest BCUT2D eigenvalue weighted by Gasteiger charge is -2.11. The van der Waals surface area contributed by atoms with Crippen molar-refractivity contribution in [1.82, 2.24) is 9.97 Å². The number of unbranched alkanes of at least 4 members (excludes halogenated alkanes) is 1. The third-order valence-corrected chi connectivity index (χ3v) is 6.07. The predicted molar refractivity (Wildman–Crippen MR) is 109 cm³/mol. The Morgan fingerprint density at radius 3 is 2.81 bits per heavy atom. The SMILES string of the molecule is CCCCOC(=O)[C@H](C)Sc1ncnc2scc(-c3ccc(Cl)cc3)c12. The molecule has 0 aliphatic carbocycles. The Hall–Kier alpha value is -1.63. The molecule has 0 aliphatic heterocycles. The molecule has 0 radical (unpaired) electrons. The normalized spacial score (nSPS) is 12.3. The van der Waals surface area contributed by atoms with Crippen molar-refractivity contribution in [2.45, 2.75) is 37.0 Å². The van der Waals surface area contributed by atoms with E-state index in [2.05, 4.69) is 22.3 Å². The van der Waals surface area contributed by atoms with Crippen LogP contribution in [0.2, 0.25) is 5.02 Å². The molecule has 0 spiro atoms. The minimum atomic E-state index is -0.331. The number of rotatable bonds is 7. The highest BCUT2D eigenvalue weighted by molar-refractivity contribution is 8.00. The molecule has 0 amide bonds. The lowest BCUT2D eigenvalue weighted by Crippen LogP contribution is -2.17. The summed E-state index contributed by atoms with van der Waals surface area (Å²) in [5.74, 6) is -0.210. The van der Waals surface area contributed by atoms with Crippen molar-refractivity contribution < 1.29 is 9.53 Å². The number of carbonyl (C=O) groups excluding carboxylic acids is 1. The first kappa shape index (κ1) is 19.1. The Bertz CT molecular complexity index is 896. The Morgan fingerprint density at radius 2 is 2.08 bits per heavy atom. The fourth-order valence-electron chi connectivity index (χ4n) is 2.43. The second-order valence-corrected chi connectivity index (χ2v) is 8.42. The maximum atomic E-state index is 12.2. The highest BCUT2D eigenvalue weighted by Crippen LogP contribution is 2.39. The van der Waals surface area contributed by atoms with Crippen molar-refractivity contribution in [3.8, 4) is 11.1 Å². The van der Waals surface area contributed by atoms with Gasteiger partial charge in [-0.3, -0.25) is 4.79 Å². The summed E-state index contributed by atoms with van der Waals surface area (Å²) in [6, 6.07) is 7.69. The molecule has 3 aromatic rings. The van der Waals surface area contributed by atoms with E-state index in [1.54, 1.807) is 17.7 Å². The molecule has 1 aromatic carbocycles. The van der Waals surface area contributed by atoms with E-state index in [0.717, 1.165) is 39.2 Å². The zero-order chi connectivity index (χ0) is 18.5. The van der Waals surface area contributed by atoms with Crippen LogP contribution in [0.5, 0.6) is 0 Å². The van der Waals surface area contributed by atoms with Crippen LogP contribution in [0.1, 0.15) is 26.7 Å². The predicted octanol–water partition coefficient (Wildman–Crippen LogP) is 5.84. The first-order valence-electron chi connectivity index (χ1n) is 8.41. The van der Waals surface area contributed by atoms with Gasteiger partial charge in [-0.2, -0.15) is 0 Å². The number of carbonyl (C=O) groups is 1. The minimum absolute atomic E-state index is 0.210. The molecule has 136 valence electrons. The van der Waals surface area contributed by atoms with Gasteiger partial charge >= 0.3 is 5.97 Å². The number of ether oxygens (including phenoxy) is 1. The van der Waals surface area contributed by atoms with E-state index in [1.807, 2.05) is 31.2 Å². The molecule has 26 heavy (non-hydrogen) atoms. The second kappa shape index (κ2) is 8.84. The zero-order valence-corrected chi connectivity index (χ0v) is 17.0.